The first-order valence-corrected chi connectivity index (χ1v) is 5.95. The van der Waals surface area contributed by atoms with Gasteiger partial charge in [-0.15, -0.1) is 11.8 Å². The zero-order chi connectivity index (χ0) is 11.1. The molecule has 0 fully saturated rings. The van der Waals surface area contributed by atoms with E-state index in [4.69, 9.17) is 9.47 Å². The van der Waals surface area contributed by atoms with E-state index >= 15 is 0 Å². The minimum atomic E-state index is -0.278. The summed E-state index contributed by atoms with van der Waals surface area (Å²) in [6, 6.07) is 10.2. The largest absolute Gasteiger partial charge is 0.384 e. The van der Waals surface area contributed by atoms with Crippen LogP contribution in [0.3, 0.4) is 0 Å². The third-order valence-corrected chi connectivity index (χ3v) is 3.68. The van der Waals surface area contributed by atoms with E-state index in [1.165, 1.54) is 5.56 Å². The van der Waals surface area contributed by atoms with Gasteiger partial charge in [0.1, 0.15) is 4.93 Å². The Morgan fingerprint density at radius 1 is 1.20 bits per heavy atom. The van der Waals surface area contributed by atoms with Crippen LogP contribution in [0.5, 0.6) is 0 Å². The first kappa shape index (κ1) is 12.6. The molecule has 0 aliphatic carbocycles. The molecule has 1 aromatic carbocycles. The Morgan fingerprint density at radius 3 is 2.40 bits per heavy atom. The third-order valence-electron chi connectivity index (χ3n) is 2.35. The summed E-state index contributed by atoms with van der Waals surface area (Å²) in [5.41, 5.74) is 1.19. The summed E-state index contributed by atoms with van der Waals surface area (Å²) in [5.74, 6) is 0.926. The Labute approximate surface area is 96.0 Å². The van der Waals surface area contributed by atoms with Crippen LogP contribution >= 0.6 is 11.8 Å². The molecule has 0 aliphatic heterocycles. The Balaban J connectivity index is 2.67. The molecule has 1 atom stereocenters. The van der Waals surface area contributed by atoms with Crippen molar-refractivity contribution in [1.29, 1.82) is 0 Å². The summed E-state index contributed by atoms with van der Waals surface area (Å²) in [6.07, 6.45) is 0. The molecule has 0 bridgehead atoms. The lowest BCUT2D eigenvalue weighted by molar-refractivity contribution is 0.0854. The van der Waals surface area contributed by atoms with Crippen molar-refractivity contribution in [1.82, 2.24) is 0 Å². The van der Waals surface area contributed by atoms with E-state index in [0.29, 0.717) is 0 Å². The van der Waals surface area contributed by atoms with E-state index in [2.05, 4.69) is 19.1 Å². The SMILES string of the molecule is COCCSC(C)(OC)c1ccccc1. The van der Waals surface area contributed by atoms with Gasteiger partial charge in [0, 0.05) is 20.0 Å². The molecule has 0 spiro atoms. The molecule has 84 valence electrons. The second-order valence-electron chi connectivity index (χ2n) is 3.36. The molecular formula is C12H18O2S. The van der Waals surface area contributed by atoms with Gasteiger partial charge in [-0.3, -0.25) is 0 Å². The molecule has 2 nitrogen and oxygen atoms in total. The lowest BCUT2D eigenvalue weighted by atomic mass is 10.1. The first-order valence-electron chi connectivity index (χ1n) is 4.96. The van der Waals surface area contributed by atoms with Gasteiger partial charge in [0.25, 0.3) is 0 Å². The van der Waals surface area contributed by atoms with Crippen molar-refractivity contribution in [2.75, 3.05) is 26.6 Å². The van der Waals surface area contributed by atoms with Crippen molar-refractivity contribution in [3.05, 3.63) is 35.9 Å². The lowest BCUT2D eigenvalue weighted by Gasteiger charge is -2.27. The van der Waals surface area contributed by atoms with Crippen molar-refractivity contribution < 1.29 is 9.47 Å². The summed E-state index contributed by atoms with van der Waals surface area (Å²) in [7, 11) is 3.46. The molecule has 0 radical (unpaired) electrons. The smallest absolute Gasteiger partial charge is 0.136 e. The van der Waals surface area contributed by atoms with Gasteiger partial charge < -0.3 is 9.47 Å². The zero-order valence-corrected chi connectivity index (χ0v) is 10.3. The molecule has 0 aliphatic rings. The minimum absolute atomic E-state index is 0.278. The number of methoxy groups -OCH3 is 2. The van der Waals surface area contributed by atoms with Crippen LogP contribution in [0.25, 0.3) is 0 Å². The molecule has 0 saturated heterocycles. The average Bonchev–Trinajstić information content (AvgIpc) is 2.30. The molecule has 1 aromatic rings. The van der Waals surface area contributed by atoms with Crippen molar-refractivity contribution in [3.63, 3.8) is 0 Å². The van der Waals surface area contributed by atoms with Crippen molar-refractivity contribution in [2.45, 2.75) is 11.9 Å². The number of rotatable bonds is 6. The topological polar surface area (TPSA) is 18.5 Å². The fraction of sp³-hybridized carbons (Fsp3) is 0.500. The maximum atomic E-state index is 5.58. The van der Waals surface area contributed by atoms with Crippen molar-refractivity contribution in [2.24, 2.45) is 0 Å². The quantitative estimate of drug-likeness (QED) is 0.549. The second kappa shape index (κ2) is 6.16. The number of hydrogen-bond acceptors (Lipinski definition) is 3. The molecule has 15 heavy (non-hydrogen) atoms. The lowest BCUT2D eigenvalue weighted by Crippen LogP contribution is -2.21. The predicted octanol–water partition coefficient (Wildman–Crippen LogP) is 2.89. The van der Waals surface area contributed by atoms with E-state index in [9.17, 15) is 0 Å². The highest BCUT2D eigenvalue weighted by molar-refractivity contribution is 8.00. The van der Waals surface area contributed by atoms with Crippen LogP contribution in [0.4, 0.5) is 0 Å². The Morgan fingerprint density at radius 2 is 1.87 bits per heavy atom. The van der Waals surface area contributed by atoms with Gasteiger partial charge in [-0.1, -0.05) is 30.3 Å². The van der Waals surface area contributed by atoms with E-state index in [1.807, 2.05) is 18.2 Å². The predicted molar refractivity (Wildman–Crippen MR) is 65.1 cm³/mol. The maximum absolute atomic E-state index is 5.58. The molecule has 0 N–H and O–H groups in total. The van der Waals surface area contributed by atoms with Crippen LogP contribution in [0.15, 0.2) is 30.3 Å². The van der Waals surface area contributed by atoms with E-state index in [1.54, 1.807) is 26.0 Å². The summed E-state index contributed by atoms with van der Waals surface area (Å²) >= 11 is 1.75. The summed E-state index contributed by atoms with van der Waals surface area (Å²) in [4.78, 5) is -0.278. The van der Waals surface area contributed by atoms with Crippen LogP contribution in [-0.4, -0.2) is 26.6 Å². The molecule has 1 rings (SSSR count). The highest BCUT2D eigenvalue weighted by Gasteiger charge is 2.25. The van der Waals surface area contributed by atoms with Crippen molar-refractivity contribution in [3.8, 4) is 0 Å². The number of benzene rings is 1. The third kappa shape index (κ3) is 3.52. The molecule has 0 aromatic heterocycles. The summed E-state index contributed by atoms with van der Waals surface area (Å²) in [6.45, 7) is 2.83. The van der Waals surface area contributed by atoms with Gasteiger partial charge in [0.2, 0.25) is 0 Å². The Bertz CT molecular complexity index is 276. The Hall–Kier alpha value is -0.510. The molecular weight excluding hydrogens is 208 g/mol. The van der Waals surface area contributed by atoms with Crippen LogP contribution in [-0.2, 0) is 14.4 Å². The van der Waals surface area contributed by atoms with Gasteiger partial charge in [-0.25, -0.2) is 0 Å². The standard InChI is InChI=1S/C12H18O2S/c1-12(14-3,15-10-9-13-2)11-7-5-4-6-8-11/h4-8H,9-10H2,1-3H3. The van der Waals surface area contributed by atoms with E-state index in [0.717, 1.165) is 12.4 Å². The number of thioether (sulfide) groups is 1. The molecule has 0 amide bonds. The zero-order valence-electron chi connectivity index (χ0n) is 9.53. The van der Waals surface area contributed by atoms with Crippen LogP contribution < -0.4 is 0 Å². The molecule has 1 unspecified atom stereocenters. The van der Waals surface area contributed by atoms with E-state index in [-0.39, 0.29) is 4.93 Å². The van der Waals surface area contributed by atoms with Gasteiger partial charge in [0.05, 0.1) is 6.61 Å². The van der Waals surface area contributed by atoms with Gasteiger partial charge in [0.15, 0.2) is 0 Å². The van der Waals surface area contributed by atoms with Crippen LogP contribution in [0.2, 0.25) is 0 Å². The van der Waals surface area contributed by atoms with Gasteiger partial charge in [-0.2, -0.15) is 0 Å². The molecule has 0 saturated carbocycles. The fourth-order valence-electron chi connectivity index (χ4n) is 1.32. The minimum Gasteiger partial charge on any atom is -0.384 e. The molecule has 0 heterocycles. The monoisotopic (exact) mass is 226 g/mol. The first-order chi connectivity index (χ1) is 7.23. The fourth-order valence-corrected chi connectivity index (χ4v) is 2.38. The summed E-state index contributed by atoms with van der Waals surface area (Å²) < 4.78 is 10.6. The highest BCUT2D eigenvalue weighted by Crippen LogP contribution is 2.36. The Kier molecular flexibility index (Phi) is 5.15. The molecule has 3 heteroatoms. The van der Waals surface area contributed by atoms with Gasteiger partial charge >= 0.3 is 0 Å². The number of ether oxygens (including phenoxy) is 2. The highest BCUT2D eigenvalue weighted by atomic mass is 32.2. The summed E-state index contributed by atoms with van der Waals surface area (Å²) in [5, 5.41) is 0. The van der Waals surface area contributed by atoms with Crippen molar-refractivity contribution >= 4 is 11.8 Å². The average molecular weight is 226 g/mol. The van der Waals surface area contributed by atoms with Crippen LogP contribution in [0, 0.1) is 0 Å². The van der Waals surface area contributed by atoms with Gasteiger partial charge in [-0.05, 0) is 12.5 Å². The van der Waals surface area contributed by atoms with E-state index < -0.39 is 0 Å². The maximum Gasteiger partial charge on any atom is 0.136 e. The second-order valence-corrected chi connectivity index (χ2v) is 4.83. The van der Waals surface area contributed by atoms with Crippen LogP contribution in [0.1, 0.15) is 12.5 Å². The number of hydrogen-bond donors (Lipinski definition) is 0. The normalized spacial score (nSPS) is 14.9.